The van der Waals surface area contributed by atoms with E-state index in [2.05, 4.69) is 20.3 Å². The topological polar surface area (TPSA) is 95.2 Å². The van der Waals surface area contributed by atoms with Gasteiger partial charge in [0, 0.05) is 6.61 Å². The molecular formula is C9H15N5O2. The molecule has 0 amide bonds. The highest BCUT2D eigenvalue weighted by Crippen LogP contribution is 2.13. The number of nitrogens with one attached hydrogen (secondary N) is 1. The van der Waals surface area contributed by atoms with Crippen molar-refractivity contribution >= 4 is 11.9 Å². The number of aromatic nitrogens is 3. The molecule has 0 aliphatic carbocycles. The van der Waals surface area contributed by atoms with Crippen molar-refractivity contribution in [1.29, 1.82) is 0 Å². The van der Waals surface area contributed by atoms with Crippen LogP contribution in [0.5, 0.6) is 6.01 Å². The van der Waals surface area contributed by atoms with Crippen molar-refractivity contribution in [3.63, 3.8) is 0 Å². The Labute approximate surface area is 93.4 Å². The van der Waals surface area contributed by atoms with Gasteiger partial charge in [0.2, 0.25) is 11.9 Å². The molecule has 1 aromatic heterocycles. The van der Waals surface area contributed by atoms with Crippen LogP contribution in [0.3, 0.4) is 0 Å². The van der Waals surface area contributed by atoms with Gasteiger partial charge in [-0.1, -0.05) is 0 Å². The van der Waals surface area contributed by atoms with Gasteiger partial charge in [-0.05, 0) is 13.3 Å². The van der Waals surface area contributed by atoms with Crippen molar-refractivity contribution in [2.45, 2.75) is 19.4 Å². The number of nitrogen functional groups attached to an aromatic ring is 1. The standard InChI is InChI=1S/C9H15N5O2/c1-2-16-9-13-7(10)12-8(14-9)11-6-3-4-15-5-6/h6H,2-5H2,1H3,(H3,10,11,12,13,14). The van der Waals surface area contributed by atoms with Gasteiger partial charge in [-0.15, -0.1) is 0 Å². The number of rotatable bonds is 4. The van der Waals surface area contributed by atoms with E-state index in [9.17, 15) is 0 Å². The number of anilines is 2. The van der Waals surface area contributed by atoms with Crippen molar-refractivity contribution in [3.05, 3.63) is 0 Å². The van der Waals surface area contributed by atoms with Crippen LogP contribution >= 0.6 is 0 Å². The van der Waals surface area contributed by atoms with Gasteiger partial charge in [0.05, 0.1) is 19.3 Å². The summed E-state index contributed by atoms with van der Waals surface area (Å²) in [5.41, 5.74) is 5.55. The van der Waals surface area contributed by atoms with Gasteiger partial charge in [0.1, 0.15) is 0 Å². The fourth-order valence-electron chi connectivity index (χ4n) is 1.46. The van der Waals surface area contributed by atoms with Crippen molar-refractivity contribution in [3.8, 4) is 6.01 Å². The lowest BCUT2D eigenvalue weighted by Crippen LogP contribution is -2.21. The van der Waals surface area contributed by atoms with Gasteiger partial charge in [-0.2, -0.15) is 15.0 Å². The molecule has 0 spiro atoms. The highest BCUT2D eigenvalue weighted by Gasteiger charge is 2.17. The Kier molecular flexibility index (Phi) is 3.35. The van der Waals surface area contributed by atoms with E-state index >= 15 is 0 Å². The Morgan fingerprint density at radius 2 is 2.38 bits per heavy atom. The first kappa shape index (κ1) is 10.9. The van der Waals surface area contributed by atoms with E-state index in [1.54, 1.807) is 0 Å². The summed E-state index contributed by atoms with van der Waals surface area (Å²) in [6, 6.07) is 0.479. The van der Waals surface area contributed by atoms with Crippen molar-refractivity contribution < 1.29 is 9.47 Å². The summed E-state index contributed by atoms with van der Waals surface area (Å²) in [6.45, 7) is 3.78. The first-order valence-corrected chi connectivity index (χ1v) is 5.26. The number of hydrogen-bond acceptors (Lipinski definition) is 7. The van der Waals surface area contributed by atoms with Gasteiger partial charge >= 0.3 is 6.01 Å². The number of nitrogens with zero attached hydrogens (tertiary/aromatic N) is 3. The van der Waals surface area contributed by atoms with Crippen molar-refractivity contribution in [2.24, 2.45) is 0 Å². The summed E-state index contributed by atoms with van der Waals surface area (Å²) in [5.74, 6) is 0.589. The van der Waals surface area contributed by atoms with Crippen LogP contribution in [-0.2, 0) is 4.74 Å². The van der Waals surface area contributed by atoms with Crippen LogP contribution in [-0.4, -0.2) is 40.8 Å². The summed E-state index contributed by atoms with van der Waals surface area (Å²) >= 11 is 0. The van der Waals surface area contributed by atoms with Gasteiger partial charge in [-0.3, -0.25) is 0 Å². The number of ether oxygens (including phenoxy) is 2. The Morgan fingerprint density at radius 3 is 3.06 bits per heavy atom. The third-order valence-electron chi connectivity index (χ3n) is 2.17. The van der Waals surface area contributed by atoms with Crippen LogP contribution in [0.25, 0.3) is 0 Å². The second-order valence-corrected chi connectivity index (χ2v) is 3.44. The molecule has 0 aromatic carbocycles. The first-order valence-electron chi connectivity index (χ1n) is 5.26. The summed E-state index contributed by atoms with van der Waals surface area (Å²) in [4.78, 5) is 11.9. The quantitative estimate of drug-likeness (QED) is 0.747. The average Bonchev–Trinajstić information content (AvgIpc) is 2.70. The number of hydrogen-bond donors (Lipinski definition) is 2. The van der Waals surface area contributed by atoms with E-state index in [-0.39, 0.29) is 18.0 Å². The molecule has 1 fully saturated rings. The largest absolute Gasteiger partial charge is 0.464 e. The molecule has 7 heteroatoms. The molecule has 7 nitrogen and oxygen atoms in total. The van der Waals surface area contributed by atoms with E-state index in [0.717, 1.165) is 13.0 Å². The SMILES string of the molecule is CCOc1nc(N)nc(NC2CCOC2)n1. The molecule has 88 valence electrons. The zero-order valence-corrected chi connectivity index (χ0v) is 9.14. The van der Waals surface area contributed by atoms with Gasteiger partial charge in [0.15, 0.2) is 0 Å². The maximum absolute atomic E-state index is 5.55. The molecule has 16 heavy (non-hydrogen) atoms. The van der Waals surface area contributed by atoms with Crippen molar-refractivity contribution in [2.75, 3.05) is 30.9 Å². The molecule has 2 rings (SSSR count). The molecule has 1 unspecified atom stereocenters. The van der Waals surface area contributed by atoms with Gasteiger partial charge < -0.3 is 20.5 Å². The van der Waals surface area contributed by atoms with E-state index in [4.69, 9.17) is 15.2 Å². The summed E-state index contributed by atoms with van der Waals surface area (Å²) in [6.07, 6.45) is 0.940. The lowest BCUT2D eigenvalue weighted by atomic mass is 10.3. The number of nitrogens with two attached hydrogens (primary N) is 1. The van der Waals surface area contributed by atoms with E-state index < -0.39 is 0 Å². The average molecular weight is 225 g/mol. The maximum Gasteiger partial charge on any atom is 0.323 e. The highest BCUT2D eigenvalue weighted by atomic mass is 16.5. The molecule has 0 saturated carbocycles. The van der Waals surface area contributed by atoms with Crippen LogP contribution in [0.4, 0.5) is 11.9 Å². The van der Waals surface area contributed by atoms with E-state index in [1.165, 1.54) is 0 Å². The molecular weight excluding hydrogens is 210 g/mol. The smallest absolute Gasteiger partial charge is 0.323 e. The molecule has 2 heterocycles. The monoisotopic (exact) mass is 225 g/mol. The Balaban J connectivity index is 2.06. The molecule has 1 atom stereocenters. The van der Waals surface area contributed by atoms with Crippen LogP contribution in [0.2, 0.25) is 0 Å². The second kappa shape index (κ2) is 4.93. The predicted molar refractivity (Wildman–Crippen MR) is 58.3 cm³/mol. The van der Waals surface area contributed by atoms with Crippen LogP contribution in [0.15, 0.2) is 0 Å². The lowest BCUT2D eigenvalue weighted by Gasteiger charge is -2.11. The third kappa shape index (κ3) is 2.69. The van der Waals surface area contributed by atoms with Crippen LogP contribution < -0.4 is 15.8 Å². The molecule has 0 bridgehead atoms. The zero-order valence-electron chi connectivity index (χ0n) is 9.14. The van der Waals surface area contributed by atoms with Crippen LogP contribution in [0, 0.1) is 0 Å². The summed E-state index contributed by atoms with van der Waals surface area (Å²) in [7, 11) is 0. The van der Waals surface area contributed by atoms with Gasteiger partial charge in [-0.25, -0.2) is 0 Å². The minimum Gasteiger partial charge on any atom is -0.464 e. The first-order chi connectivity index (χ1) is 7.78. The van der Waals surface area contributed by atoms with Crippen molar-refractivity contribution in [1.82, 2.24) is 15.0 Å². The second-order valence-electron chi connectivity index (χ2n) is 3.44. The molecule has 1 aliphatic rings. The van der Waals surface area contributed by atoms with Gasteiger partial charge in [0.25, 0.3) is 0 Å². The molecule has 0 radical (unpaired) electrons. The Hall–Kier alpha value is -1.63. The third-order valence-corrected chi connectivity index (χ3v) is 2.17. The Morgan fingerprint density at radius 1 is 1.50 bits per heavy atom. The maximum atomic E-state index is 5.55. The fraction of sp³-hybridized carbons (Fsp3) is 0.667. The summed E-state index contributed by atoms with van der Waals surface area (Å²) in [5, 5.41) is 3.13. The highest BCUT2D eigenvalue weighted by molar-refractivity contribution is 5.33. The normalized spacial score (nSPS) is 19.7. The Bertz CT molecular complexity index is 354. The predicted octanol–water partition coefficient (Wildman–Crippen LogP) is 0.0533. The molecule has 1 aliphatic heterocycles. The molecule has 3 N–H and O–H groups in total. The zero-order chi connectivity index (χ0) is 11.4. The summed E-state index contributed by atoms with van der Waals surface area (Å²) < 4.78 is 10.4. The van der Waals surface area contributed by atoms with Crippen LogP contribution in [0.1, 0.15) is 13.3 Å². The molecule has 1 aromatic rings. The fourth-order valence-corrected chi connectivity index (χ4v) is 1.46. The minimum absolute atomic E-state index is 0.153. The van der Waals surface area contributed by atoms with E-state index in [0.29, 0.717) is 19.2 Å². The molecule has 1 saturated heterocycles. The van der Waals surface area contributed by atoms with E-state index in [1.807, 2.05) is 6.92 Å². The lowest BCUT2D eigenvalue weighted by molar-refractivity contribution is 0.195. The minimum atomic E-state index is 0.153.